The Labute approximate surface area is 136 Å². The zero-order valence-corrected chi connectivity index (χ0v) is 12.7. The SMILES string of the molecule is O=C(COc1ccccc1Cl)NN=Cc1c(F)cccc1Cl. The smallest absolute Gasteiger partial charge is 0.277 e. The zero-order chi connectivity index (χ0) is 15.9. The minimum Gasteiger partial charge on any atom is -0.482 e. The van der Waals surface area contributed by atoms with Crippen molar-refractivity contribution in [3.8, 4) is 5.75 Å². The van der Waals surface area contributed by atoms with Crippen molar-refractivity contribution < 1.29 is 13.9 Å². The molecule has 0 unspecified atom stereocenters. The van der Waals surface area contributed by atoms with Crippen LogP contribution in [0.25, 0.3) is 0 Å². The molecule has 0 radical (unpaired) electrons. The molecule has 0 aliphatic rings. The predicted octanol–water partition coefficient (Wildman–Crippen LogP) is 3.66. The highest BCUT2D eigenvalue weighted by molar-refractivity contribution is 6.33. The van der Waals surface area contributed by atoms with Gasteiger partial charge in [0.15, 0.2) is 6.61 Å². The first-order valence-electron chi connectivity index (χ1n) is 6.21. The van der Waals surface area contributed by atoms with Crippen molar-refractivity contribution in [2.45, 2.75) is 0 Å². The molecular weight excluding hydrogens is 330 g/mol. The number of nitrogens with zero attached hydrogens (tertiary/aromatic N) is 1. The van der Waals surface area contributed by atoms with Gasteiger partial charge in [-0.25, -0.2) is 9.82 Å². The summed E-state index contributed by atoms with van der Waals surface area (Å²) in [6, 6.07) is 11.0. The lowest BCUT2D eigenvalue weighted by molar-refractivity contribution is -0.123. The van der Waals surface area contributed by atoms with Crippen LogP contribution >= 0.6 is 23.2 Å². The van der Waals surface area contributed by atoms with Gasteiger partial charge in [0.25, 0.3) is 5.91 Å². The van der Waals surface area contributed by atoms with Crippen molar-refractivity contribution in [1.29, 1.82) is 0 Å². The molecule has 0 bridgehead atoms. The van der Waals surface area contributed by atoms with Crippen molar-refractivity contribution >= 4 is 35.3 Å². The van der Waals surface area contributed by atoms with E-state index in [2.05, 4.69) is 10.5 Å². The van der Waals surface area contributed by atoms with Gasteiger partial charge in [-0.15, -0.1) is 0 Å². The topological polar surface area (TPSA) is 50.7 Å². The van der Waals surface area contributed by atoms with Crippen molar-refractivity contribution in [2.24, 2.45) is 5.10 Å². The van der Waals surface area contributed by atoms with E-state index in [-0.39, 0.29) is 17.2 Å². The Balaban J connectivity index is 1.88. The van der Waals surface area contributed by atoms with Crippen molar-refractivity contribution in [3.63, 3.8) is 0 Å². The lowest BCUT2D eigenvalue weighted by Gasteiger charge is -2.06. The van der Waals surface area contributed by atoms with Gasteiger partial charge in [-0.1, -0.05) is 41.4 Å². The molecule has 22 heavy (non-hydrogen) atoms. The third-order valence-electron chi connectivity index (χ3n) is 2.58. The minimum atomic E-state index is -0.530. The van der Waals surface area contributed by atoms with E-state index in [4.69, 9.17) is 27.9 Å². The summed E-state index contributed by atoms with van der Waals surface area (Å²) in [6.45, 7) is -0.272. The molecule has 2 aromatic carbocycles. The van der Waals surface area contributed by atoms with E-state index < -0.39 is 11.7 Å². The lowest BCUT2D eigenvalue weighted by atomic mass is 10.2. The first-order valence-corrected chi connectivity index (χ1v) is 6.97. The van der Waals surface area contributed by atoms with Crippen LogP contribution in [-0.4, -0.2) is 18.7 Å². The average Bonchev–Trinajstić information content (AvgIpc) is 2.49. The van der Waals surface area contributed by atoms with E-state index in [1.165, 1.54) is 18.2 Å². The molecule has 0 aliphatic heterocycles. The molecule has 2 rings (SSSR count). The minimum absolute atomic E-state index is 0.0940. The van der Waals surface area contributed by atoms with E-state index in [1.807, 2.05) is 0 Å². The number of hydrazone groups is 1. The number of para-hydroxylation sites is 1. The van der Waals surface area contributed by atoms with Gasteiger partial charge in [0, 0.05) is 5.56 Å². The van der Waals surface area contributed by atoms with E-state index >= 15 is 0 Å². The number of carbonyl (C=O) groups is 1. The van der Waals surface area contributed by atoms with Gasteiger partial charge < -0.3 is 4.74 Å². The second-order valence-corrected chi connectivity index (χ2v) is 4.96. The van der Waals surface area contributed by atoms with E-state index in [0.29, 0.717) is 10.8 Å². The second-order valence-electron chi connectivity index (χ2n) is 4.15. The summed E-state index contributed by atoms with van der Waals surface area (Å²) in [5.74, 6) is -0.651. The highest BCUT2D eigenvalue weighted by Crippen LogP contribution is 2.22. The van der Waals surface area contributed by atoms with Crippen molar-refractivity contribution in [2.75, 3.05) is 6.61 Å². The first-order chi connectivity index (χ1) is 10.6. The lowest BCUT2D eigenvalue weighted by Crippen LogP contribution is -2.24. The molecule has 4 nitrogen and oxygen atoms in total. The Morgan fingerprint density at radius 3 is 2.64 bits per heavy atom. The molecule has 0 heterocycles. The van der Waals surface area contributed by atoms with Gasteiger partial charge in [-0.3, -0.25) is 4.79 Å². The van der Waals surface area contributed by atoms with E-state index in [1.54, 1.807) is 24.3 Å². The van der Waals surface area contributed by atoms with Gasteiger partial charge in [0.2, 0.25) is 0 Å². The zero-order valence-electron chi connectivity index (χ0n) is 11.2. The molecule has 2 aromatic rings. The Kier molecular flexibility index (Phi) is 5.75. The fraction of sp³-hybridized carbons (Fsp3) is 0.0667. The highest BCUT2D eigenvalue weighted by atomic mass is 35.5. The molecule has 7 heteroatoms. The molecule has 0 spiro atoms. The summed E-state index contributed by atoms with van der Waals surface area (Å²) < 4.78 is 18.7. The maximum absolute atomic E-state index is 13.5. The Morgan fingerprint density at radius 2 is 1.91 bits per heavy atom. The number of rotatable bonds is 5. The number of ether oxygens (including phenoxy) is 1. The average molecular weight is 341 g/mol. The van der Waals surface area contributed by atoms with Crippen LogP contribution in [0, 0.1) is 5.82 Å². The normalized spacial score (nSPS) is 10.7. The van der Waals surface area contributed by atoms with Crippen LogP contribution in [0.2, 0.25) is 10.0 Å². The summed E-state index contributed by atoms with van der Waals surface area (Å²) in [6.07, 6.45) is 1.13. The number of benzene rings is 2. The van der Waals surface area contributed by atoms with E-state index in [0.717, 1.165) is 6.21 Å². The van der Waals surface area contributed by atoms with Crippen LogP contribution in [0.1, 0.15) is 5.56 Å². The first kappa shape index (κ1) is 16.3. The van der Waals surface area contributed by atoms with Gasteiger partial charge in [0.1, 0.15) is 11.6 Å². The standard InChI is InChI=1S/C15H11Cl2FN2O2/c16-11-5-3-6-13(18)10(11)8-19-20-15(21)9-22-14-7-2-1-4-12(14)17/h1-8H,9H2,(H,20,21). The fourth-order valence-electron chi connectivity index (χ4n) is 1.54. The molecule has 0 fully saturated rings. The molecule has 0 aliphatic carbocycles. The number of carbonyl (C=O) groups excluding carboxylic acids is 1. The van der Waals surface area contributed by atoms with Crippen LogP contribution in [0.5, 0.6) is 5.75 Å². The highest BCUT2D eigenvalue weighted by Gasteiger charge is 2.06. The number of halogens is 3. The Hall–Kier alpha value is -2.11. The third-order valence-corrected chi connectivity index (χ3v) is 3.22. The molecule has 0 aromatic heterocycles. The summed E-state index contributed by atoms with van der Waals surface area (Å²) >= 11 is 11.7. The van der Waals surface area contributed by atoms with Crippen LogP contribution in [-0.2, 0) is 4.79 Å². The maximum Gasteiger partial charge on any atom is 0.277 e. The molecule has 0 saturated heterocycles. The largest absolute Gasteiger partial charge is 0.482 e. The quantitative estimate of drug-likeness (QED) is 0.667. The van der Waals surface area contributed by atoms with Gasteiger partial charge in [-0.2, -0.15) is 5.10 Å². The Morgan fingerprint density at radius 1 is 1.18 bits per heavy atom. The molecular formula is C15H11Cl2FN2O2. The molecule has 1 N–H and O–H groups in total. The predicted molar refractivity (Wildman–Crippen MR) is 84.1 cm³/mol. The molecule has 1 amide bonds. The van der Waals surface area contributed by atoms with Crippen molar-refractivity contribution in [3.05, 3.63) is 63.9 Å². The second kappa shape index (κ2) is 7.77. The van der Waals surface area contributed by atoms with Gasteiger partial charge in [-0.05, 0) is 24.3 Å². The van der Waals surface area contributed by atoms with Crippen molar-refractivity contribution in [1.82, 2.24) is 5.43 Å². The molecule has 0 saturated carbocycles. The van der Waals surface area contributed by atoms with Gasteiger partial charge >= 0.3 is 0 Å². The summed E-state index contributed by atoms with van der Waals surface area (Å²) in [4.78, 5) is 11.6. The maximum atomic E-state index is 13.5. The van der Waals surface area contributed by atoms with Crippen LogP contribution in [0.4, 0.5) is 4.39 Å². The Bertz CT molecular complexity index is 687. The third kappa shape index (κ3) is 4.44. The fourth-order valence-corrected chi connectivity index (χ4v) is 1.94. The monoisotopic (exact) mass is 340 g/mol. The van der Waals surface area contributed by atoms with Gasteiger partial charge in [0.05, 0.1) is 16.3 Å². The summed E-state index contributed by atoms with van der Waals surface area (Å²) in [7, 11) is 0. The number of amides is 1. The number of hydrogen-bond donors (Lipinski definition) is 1. The van der Waals surface area contributed by atoms with Crippen LogP contribution in [0.15, 0.2) is 47.6 Å². The molecule has 114 valence electrons. The van der Waals surface area contributed by atoms with Crippen LogP contribution < -0.4 is 10.2 Å². The van der Waals surface area contributed by atoms with Crippen LogP contribution in [0.3, 0.4) is 0 Å². The molecule has 0 atom stereocenters. The number of hydrogen-bond acceptors (Lipinski definition) is 3. The van der Waals surface area contributed by atoms with E-state index in [9.17, 15) is 9.18 Å². The summed E-state index contributed by atoms with van der Waals surface area (Å²) in [5.41, 5.74) is 2.31. The number of nitrogens with one attached hydrogen (secondary N) is 1. The summed E-state index contributed by atoms with van der Waals surface area (Å²) in [5, 5.41) is 4.24.